The molecule has 156 valence electrons. The molecule has 0 unspecified atom stereocenters. The monoisotopic (exact) mass is 416 g/mol. The van der Waals surface area contributed by atoms with Gasteiger partial charge in [0.1, 0.15) is 25.0 Å². The van der Waals surface area contributed by atoms with Crippen LogP contribution in [0.3, 0.4) is 0 Å². The van der Waals surface area contributed by atoms with Crippen molar-refractivity contribution in [1.29, 1.82) is 0 Å². The summed E-state index contributed by atoms with van der Waals surface area (Å²) in [6.45, 7) is 2.47. The predicted octanol–water partition coefficient (Wildman–Crippen LogP) is 0.695. The van der Waals surface area contributed by atoms with Crippen molar-refractivity contribution in [3.8, 4) is 0 Å². The van der Waals surface area contributed by atoms with E-state index in [0.29, 0.717) is 18.1 Å². The van der Waals surface area contributed by atoms with Gasteiger partial charge >= 0.3 is 17.6 Å². The Morgan fingerprint density at radius 3 is 2.68 bits per heavy atom. The first-order valence-electron chi connectivity index (χ1n) is 8.79. The van der Waals surface area contributed by atoms with Crippen LogP contribution in [0, 0.1) is 0 Å². The maximum absolute atomic E-state index is 12.6. The summed E-state index contributed by atoms with van der Waals surface area (Å²) < 4.78 is 17.4. The van der Waals surface area contributed by atoms with Crippen LogP contribution in [-0.2, 0) is 30.2 Å². The summed E-state index contributed by atoms with van der Waals surface area (Å²) in [5.41, 5.74) is 3.19. The van der Waals surface area contributed by atoms with Crippen LogP contribution in [0.25, 0.3) is 0 Å². The zero-order valence-corrected chi connectivity index (χ0v) is 17.1. The van der Waals surface area contributed by atoms with E-state index in [9.17, 15) is 14.4 Å². The van der Waals surface area contributed by atoms with E-state index in [1.54, 1.807) is 25.3 Å². The van der Waals surface area contributed by atoms with Crippen molar-refractivity contribution < 1.29 is 23.8 Å². The molecule has 2 heterocycles. The number of anilines is 1. The highest BCUT2D eigenvalue weighted by Crippen LogP contribution is 2.31. The van der Waals surface area contributed by atoms with Gasteiger partial charge in [-0.05, 0) is 6.42 Å². The summed E-state index contributed by atoms with van der Waals surface area (Å²) in [5, 5.41) is 1.67. The number of hydrazine groups is 1. The fraction of sp³-hybridized carbons (Fsp3) is 0.647. The minimum absolute atomic E-state index is 0.0826. The summed E-state index contributed by atoms with van der Waals surface area (Å²) >= 11 is 5.88. The van der Waals surface area contributed by atoms with Gasteiger partial charge in [0.15, 0.2) is 5.82 Å². The molecule has 3 atom stereocenters. The third-order valence-corrected chi connectivity index (χ3v) is 4.17. The van der Waals surface area contributed by atoms with Gasteiger partial charge in [-0.3, -0.25) is 14.2 Å². The molecular formula is C17H25ClN4O6. The molecule has 1 fully saturated rings. The molecule has 1 aromatic rings. The van der Waals surface area contributed by atoms with E-state index < -0.39 is 36.1 Å². The zero-order chi connectivity index (χ0) is 20.8. The summed E-state index contributed by atoms with van der Waals surface area (Å²) in [5.74, 6) is -0.201. The van der Waals surface area contributed by atoms with Crippen LogP contribution >= 0.6 is 11.6 Å². The Balaban J connectivity index is 2.29. The lowest BCUT2D eigenvalue weighted by Crippen LogP contribution is -2.32. The van der Waals surface area contributed by atoms with Crippen molar-refractivity contribution in [3.05, 3.63) is 22.2 Å². The standard InChI is InChI=1S/C17H25ClN4O6/c1-10(23)26-9-14-13(27-11(2)24)7-15(28-14)22-8-12(5-6-18)16(19-17(22)25)20-21(3)4/h8,13-15H,5-7,9H2,1-4H3,(H,19,20,25)/t13-,14+,15+/m0/s1. The summed E-state index contributed by atoms with van der Waals surface area (Å²) in [7, 11) is 3.56. The lowest BCUT2D eigenvalue weighted by Gasteiger charge is -2.19. The van der Waals surface area contributed by atoms with E-state index in [2.05, 4.69) is 10.4 Å². The van der Waals surface area contributed by atoms with Crippen LogP contribution in [0.5, 0.6) is 0 Å². The van der Waals surface area contributed by atoms with Gasteiger partial charge in [-0.1, -0.05) is 0 Å². The van der Waals surface area contributed by atoms with Crippen molar-refractivity contribution >= 4 is 29.4 Å². The number of esters is 2. The lowest BCUT2D eigenvalue weighted by molar-refractivity contribution is -0.155. The minimum atomic E-state index is -0.715. The van der Waals surface area contributed by atoms with Gasteiger partial charge in [0.2, 0.25) is 0 Å². The van der Waals surface area contributed by atoms with Crippen molar-refractivity contribution in [2.24, 2.45) is 0 Å². The smallest absolute Gasteiger partial charge is 0.351 e. The molecule has 1 aliphatic heterocycles. The molecule has 1 aliphatic rings. The van der Waals surface area contributed by atoms with Crippen LogP contribution in [0.15, 0.2) is 11.0 Å². The van der Waals surface area contributed by atoms with Gasteiger partial charge in [0.05, 0.1) is 0 Å². The Labute approximate surface area is 167 Å². The first-order valence-corrected chi connectivity index (χ1v) is 9.32. The quantitative estimate of drug-likeness (QED) is 0.371. The average molecular weight is 417 g/mol. The zero-order valence-electron chi connectivity index (χ0n) is 16.3. The lowest BCUT2D eigenvalue weighted by atomic mass is 10.2. The number of carbonyl (C=O) groups is 2. The second-order valence-electron chi connectivity index (χ2n) is 6.57. The Hall–Kier alpha value is -2.17. The predicted molar refractivity (Wildman–Crippen MR) is 101 cm³/mol. The normalized spacial score (nSPS) is 21.6. The molecule has 1 aromatic heterocycles. The molecule has 2 rings (SSSR count). The van der Waals surface area contributed by atoms with Crippen molar-refractivity contribution in [2.45, 2.75) is 45.1 Å². The van der Waals surface area contributed by atoms with Crippen LogP contribution in [0.4, 0.5) is 5.82 Å². The summed E-state index contributed by atoms with van der Waals surface area (Å²) in [6.07, 6.45) is 0.307. The number of aromatic nitrogens is 2. The van der Waals surface area contributed by atoms with Gasteiger partial charge in [0, 0.05) is 52.0 Å². The number of rotatable bonds is 8. The van der Waals surface area contributed by atoms with E-state index in [4.69, 9.17) is 25.8 Å². The molecular weight excluding hydrogens is 392 g/mol. The van der Waals surface area contributed by atoms with Crippen molar-refractivity contribution in [3.63, 3.8) is 0 Å². The van der Waals surface area contributed by atoms with Crippen LogP contribution in [-0.4, -0.2) is 65.3 Å². The minimum Gasteiger partial charge on any atom is -0.463 e. The number of nitrogens with one attached hydrogen (secondary N) is 1. The SMILES string of the molecule is CC(=O)OC[C@H]1O[C@@H](n2cc(CCCl)c(NN(C)C)nc2=O)C[C@@H]1OC(C)=O. The number of hydrogen-bond donors (Lipinski definition) is 1. The second-order valence-corrected chi connectivity index (χ2v) is 6.94. The highest BCUT2D eigenvalue weighted by Gasteiger charge is 2.39. The van der Waals surface area contributed by atoms with Gasteiger partial charge in [0.25, 0.3) is 0 Å². The van der Waals surface area contributed by atoms with Crippen molar-refractivity contribution in [1.82, 2.24) is 14.6 Å². The number of nitrogens with zero attached hydrogens (tertiary/aromatic N) is 3. The van der Waals surface area contributed by atoms with Gasteiger partial charge in [-0.15, -0.1) is 11.6 Å². The Morgan fingerprint density at radius 1 is 1.39 bits per heavy atom. The van der Waals surface area contributed by atoms with Crippen LogP contribution in [0.2, 0.25) is 0 Å². The van der Waals surface area contributed by atoms with E-state index in [0.717, 1.165) is 5.56 Å². The fourth-order valence-electron chi connectivity index (χ4n) is 2.87. The Bertz CT molecular complexity index is 769. The molecule has 0 spiro atoms. The van der Waals surface area contributed by atoms with Crippen molar-refractivity contribution in [2.75, 3.05) is 32.0 Å². The van der Waals surface area contributed by atoms with Gasteiger partial charge in [-0.25, -0.2) is 9.80 Å². The topological polar surface area (TPSA) is 112 Å². The third-order valence-electron chi connectivity index (χ3n) is 3.98. The molecule has 0 saturated carbocycles. The highest BCUT2D eigenvalue weighted by atomic mass is 35.5. The number of hydrogen-bond acceptors (Lipinski definition) is 9. The Morgan fingerprint density at radius 2 is 2.11 bits per heavy atom. The van der Waals surface area contributed by atoms with E-state index in [1.807, 2.05) is 0 Å². The molecule has 0 amide bonds. The number of ether oxygens (including phenoxy) is 3. The third kappa shape index (κ3) is 5.91. The average Bonchev–Trinajstić information content (AvgIpc) is 2.96. The number of carbonyl (C=O) groups excluding carboxylic acids is 2. The molecule has 0 radical (unpaired) electrons. The highest BCUT2D eigenvalue weighted by molar-refractivity contribution is 6.18. The molecule has 28 heavy (non-hydrogen) atoms. The second kappa shape index (κ2) is 9.85. The maximum atomic E-state index is 12.6. The molecule has 1 N–H and O–H groups in total. The van der Waals surface area contributed by atoms with Gasteiger partial charge in [-0.2, -0.15) is 4.98 Å². The maximum Gasteiger partial charge on any atom is 0.351 e. The molecule has 11 heteroatoms. The molecule has 0 aliphatic carbocycles. The van der Waals surface area contributed by atoms with E-state index >= 15 is 0 Å². The first kappa shape index (κ1) is 22.1. The fourth-order valence-corrected chi connectivity index (χ4v) is 3.07. The molecule has 1 saturated heterocycles. The largest absolute Gasteiger partial charge is 0.463 e. The summed E-state index contributed by atoms with van der Waals surface area (Å²) in [6, 6.07) is 0. The molecule has 0 aromatic carbocycles. The Kier molecular flexibility index (Phi) is 7.78. The number of halogens is 1. The molecule has 10 nitrogen and oxygen atoms in total. The molecule has 0 bridgehead atoms. The van der Waals surface area contributed by atoms with Gasteiger partial charge < -0.3 is 19.6 Å². The van der Waals surface area contributed by atoms with E-state index in [1.165, 1.54) is 18.4 Å². The van der Waals surface area contributed by atoms with E-state index in [-0.39, 0.29) is 13.0 Å². The summed E-state index contributed by atoms with van der Waals surface area (Å²) in [4.78, 5) is 39.1. The number of alkyl halides is 1. The van der Waals surface area contributed by atoms with Crippen LogP contribution < -0.4 is 11.1 Å². The van der Waals surface area contributed by atoms with Crippen LogP contribution in [0.1, 0.15) is 32.1 Å². The first-order chi connectivity index (χ1) is 13.2. The number of aryl methyl sites for hydroxylation is 1.